The minimum atomic E-state index is -1.36. The fourth-order valence-electron chi connectivity index (χ4n) is 4.60. The van der Waals surface area contributed by atoms with Crippen molar-refractivity contribution in [3.8, 4) is 5.75 Å². The number of halogens is 1. The van der Waals surface area contributed by atoms with Crippen LogP contribution in [0, 0.1) is 12.7 Å². The van der Waals surface area contributed by atoms with Gasteiger partial charge in [-0.15, -0.1) is 11.8 Å². The molecule has 3 amide bonds. The van der Waals surface area contributed by atoms with Crippen LogP contribution in [0.4, 0.5) is 21.5 Å². The van der Waals surface area contributed by atoms with Crippen LogP contribution in [0.15, 0.2) is 66.7 Å². The molecule has 2 aliphatic heterocycles. The standard InChI is InChI=1S/C26H22FN3O4S/c1-16-4-3-5-21-24(16)29(14-22(31)28-18-8-12-20(34-2)13-9-18)25(33)26(21)30(23(32)15-35-26)19-10-6-17(27)7-11-19/h3-13H,14-15H2,1-2H3,(H,28,31)/t26-/m1/s1. The van der Waals surface area contributed by atoms with Crippen molar-refractivity contribution >= 4 is 46.5 Å². The van der Waals surface area contributed by atoms with Gasteiger partial charge in [0, 0.05) is 16.9 Å². The van der Waals surface area contributed by atoms with Gasteiger partial charge in [0.05, 0.1) is 18.6 Å². The van der Waals surface area contributed by atoms with Crippen LogP contribution in [0.25, 0.3) is 0 Å². The maximum Gasteiger partial charge on any atom is 0.269 e. The third-order valence-electron chi connectivity index (χ3n) is 6.14. The summed E-state index contributed by atoms with van der Waals surface area (Å²) < 4.78 is 18.7. The number of hydrogen-bond acceptors (Lipinski definition) is 5. The summed E-state index contributed by atoms with van der Waals surface area (Å²) in [4.78, 5) is 41.6. The molecule has 0 saturated carbocycles. The van der Waals surface area contributed by atoms with Crippen LogP contribution in [0.1, 0.15) is 11.1 Å². The molecule has 2 heterocycles. The Labute approximate surface area is 205 Å². The first-order valence-corrected chi connectivity index (χ1v) is 11.9. The molecule has 1 fully saturated rings. The molecule has 1 saturated heterocycles. The van der Waals surface area contributed by atoms with Crippen molar-refractivity contribution in [2.45, 2.75) is 11.8 Å². The number of ether oxygens (including phenoxy) is 1. The molecule has 2 aliphatic rings. The first kappa shape index (κ1) is 22.9. The number of thioether (sulfide) groups is 1. The van der Waals surface area contributed by atoms with Gasteiger partial charge in [0.15, 0.2) is 0 Å². The topological polar surface area (TPSA) is 79.0 Å². The number of carbonyl (C=O) groups excluding carboxylic acids is 3. The zero-order valence-corrected chi connectivity index (χ0v) is 19.9. The summed E-state index contributed by atoms with van der Waals surface area (Å²) in [6, 6.07) is 17.9. The average molecular weight is 492 g/mol. The Kier molecular flexibility index (Phi) is 5.72. The Morgan fingerprint density at radius 2 is 1.80 bits per heavy atom. The number of methoxy groups -OCH3 is 1. The molecule has 0 radical (unpaired) electrons. The van der Waals surface area contributed by atoms with E-state index >= 15 is 0 Å². The number of nitrogens with zero attached hydrogens (tertiary/aromatic N) is 2. The van der Waals surface area contributed by atoms with E-state index in [2.05, 4.69) is 5.32 Å². The highest BCUT2D eigenvalue weighted by Gasteiger charge is 2.61. The minimum absolute atomic E-state index is 0.0857. The molecule has 1 spiro atoms. The van der Waals surface area contributed by atoms with Gasteiger partial charge >= 0.3 is 0 Å². The zero-order chi connectivity index (χ0) is 24.7. The molecule has 1 atom stereocenters. The normalized spacial score (nSPS) is 18.8. The number of fused-ring (bicyclic) bond motifs is 2. The molecular formula is C26H22FN3O4S. The summed E-state index contributed by atoms with van der Waals surface area (Å²) in [6.45, 7) is 1.64. The molecule has 9 heteroatoms. The highest BCUT2D eigenvalue weighted by atomic mass is 32.2. The van der Waals surface area contributed by atoms with Crippen molar-refractivity contribution in [3.63, 3.8) is 0 Å². The summed E-state index contributed by atoms with van der Waals surface area (Å²) in [6.07, 6.45) is 0. The van der Waals surface area contributed by atoms with E-state index in [0.29, 0.717) is 28.4 Å². The van der Waals surface area contributed by atoms with Crippen LogP contribution < -0.4 is 19.9 Å². The Morgan fingerprint density at radius 3 is 2.49 bits per heavy atom. The van der Waals surface area contributed by atoms with E-state index in [9.17, 15) is 18.8 Å². The second-order valence-electron chi connectivity index (χ2n) is 8.28. The Hall–Kier alpha value is -3.85. The number of aryl methyl sites for hydroxylation is 1. The van der Waals surface area contributed by atoms with Crippen molar-refractivity contribution in [2.24, 2.45) is 0 Å². The number of amides is 3. The van der Waals surface area contributed by atoms with Gasteiger partial charge in [-0.2, -0.15) is 0 Å². The number of anilines is 3. The van der Waals surface area contributed by atoms with Gasteiger partial charge in [0.25, 0.3) is 5.91 Å². The molecule has 0 aliphatic carbocycles. The van der Waals surface area contributed by atoms with Crippen LogP contribution in [0.3, 0.4) is 0 Å². The van der Waals surface area contributed by atoms with Gasteiger partial charge in [-0.25, -0.2) is 4.39 Å². The van der Waals surface area contributed by atoms with E-state index in [4.69, 9.17) is 4.74 Å². The number of hydrogen-bond donors (Lipinski definition) is 1. The van der Waals surface area contributed by atoms with E-state index in [-0.39, 0.29) is 30.0 Å². The molecule has 3 aromatic rings. The third-order valence-corrected chi connectivity index (χ3v) is 7.52. The van der Waals surface area contributed by atoms with Crippen LogP contribution in [0.5, 0.6) is 5.75 Å². The maximum absolute atomic E-state index is 14.0. The highest BCUT2D eigenvalue weighted by molar-refractivity contribution is 8.02. The summed E-state index contributed by atoms with van der Waals surface area (Å²) >= 11 is 1.21. The summed E-state index contributed by atoms with van der Waals surface area (Å²) in [7, 11) is 1.56. The molecule has 5 rings (SSSR count). The van der Waals surface area contributed by atoms with Gasteiger partial charge in [-0.1, -0.05) is 18.2 Å². The Bertz CT molecular complexity index is 1330. The molecule has 3 aromatic carbocycles. The second-order valence-corrected chi connectivity index (χ2v) is 9.45. The van der Waals surface area contributed by atoms with E-state index in [0.717, 1.165) is 5.56 Å². The lowest BCUT2D eigenvalue weighted by molar-refractivity contribution is -0.124. The largest absolute Gasteiger partial charge is 0.497 e. The lowest BCUT2D eigenvalue weighted by Crippen LogP contribution is -2.50. The van der Waals surface area contributed by atoms with Crippen LogP contribution in [-0.4, -0.2) is 37.1 Å². The second kappa shape index (κ2) is 8.74. The quantitative estimate of drug-likeness (QED) is 0.582. The summed E-state index contributed by atoms with van der Waals surface area (Å²) in [5.41, 5.74) is 3.05. The predicted molar refractivity (Wildman–Crippen MR) is 133 cm³/mol. The van der Waals surface area contributed by atoms with Crippen LogP contribution in [0.2, 0.25) is 0 Å². The maximum atomic E-state index is 14.0. The van der Waals surface area contributed by atoms with Crippen molar-refractivity contribution in [1.82, 2.24) is 0 Å². The van der Waals surface area contributed by atoms with E-state index < -0.39 is 10.7 Å². The van der Waals surface area contributed by atoms with Crippen molar-refractivity contribution in [3.05, 3.63) is 83.7 Å². The average Bonchev–Trinajstić information content (AvgIpc) is 3.31. The SMILES string of the molecule is COc1ccc(NC(=O)CN2C(=O)[C@]3(SCC(=O)N3c3ccc(F)cc3)c3cccc(C)c32)cc1. The van der Waals surface area contributed by atoms with E-state index in [1.54, 1.807) is 31.4 Å². The first-order chi connectivity index (χ1) is 16.8. The van der Waals surface area contributed by atoms with Gasteiger partial charge < -0.3 is 10.1 Å². The van der Waals surface area contributed by atoms with Crippen molar-refractivity contribution in [1.29, 1.82) is 0 Å². The minimum Gasteiger partial charge on any atom is -0.497 e. The number of carbonyl (C=O) groups is 3. The summed E-state index contributed by atoms with van der Waals surface area (Å²) in [5.74, 6) is -0.709. The fourth-order valence-corrected chi connectivity index (χ4v) is 5.95. The molecule has 0 aromatic heterocycles. The zero-order valence-electron chi connectivity index (χ0n) is 19.1. The number of nitrogens with one attached hydrogen (secondary N) is 1. The smallest absolute Gasteiger partial charge is 0.269 e. The predicted octanol–water partition coefficient (Wildman–Crippen LogP) is 4.06. The van der Waals surface area contributed by atoms with E-state index in [1.165, 1.54) is 45.8 Å². The van der Waals surface area contributed by atoms with Gasteiger partial charge in [-0.05, 0) is 61.0 Å². The lowest BCUT2D eigenvalue weighted by atomic mass is 10.0. The van der Waals surface area contributed by atoms with Crippen molar-refractivity contribution < 1.29 is 23.5 Å². The van der Waals surface area contributed by atoms with Crippen LogP contribution >= 0.6 is 11.8 Å². The van der Waals surface area contributed by atoms with E-state index in [1.807, 2.05) is 25.1 Å². The highest BCUT2D eigenvalue weighted by Crippen LogP contribution is 2.56. The molecule has 35 heavy (non-hydrogen) atoms. The number of benzene rings is 3. The lowest BCUT2D eigenvalue weighted by Gasteiger charge is -2.33. The number of para-hydroxylation sites is 1. The Morgan fingerprint density at radius 1 is 1.09 bits per heavy atom. The number of rotatable bonds is 5. The monoisotopic (exact) mass is 491 g/mol. The molecule has 7 nitrogen and oxygen atoms in total. The van der Waals surface area contributed by atoms with Crippen molar-refractivity contribution in [2.75, 3.05) is 34.5 Å². The third kappa shape index (κ3) is 3.72. The van der Waals surface area contributed by atoms with Gasteiger partial charge in [0.2, 0.25) is 16.7 Å². The van der Waals surface area contributed by atoms with Gasteiger partial charge in [0.1, 0.15) is 18.1 Å². The first-order valence-electron chi connectivity index (χ1n) is 10.9. The molecule has 0 bridgehead atoms. The Balaban J connectivity index is 1.51. The van der Waals surface area contributed by atoms with Crippen LogP contribution in [-0.2, 0) is 19.3 Å². The summed E-state index contributed by atoms with van der Waals surface area (Å²) in [5, 5.41) is 2.81. The molecular weight excluding hydrogens is 469 g/mol. The molecule has 1 N–H and O–H groups in total. The molecule has 178 valence electrons. The molecule has 0 unspecified atom stereocenters. The fraction of sp³-hybridized carbons (Fsp3) is 0.192. The van der Waals surface area contributed by atoms with Gasteiger partial charge in [-0.3, -0.25) is 24.2 Å².